The zero-order chi connectivity index (χ0) is 13.4. The molecule has 0 spiro atoms. The number of carboxylic acids is 1. The standard InChI is InChI=1S/C13H25NO3/c1-5-7-11(8-6-2)12(15)14-10(4)9(3)13(16)17/h9-11H,5-8H2,1-4H3,(H,14,15)(H,16,17). The van der Waals surface area contributed by atoms with Gasteiger partial charge >= 0.3 is 5.97 Å². The van der Waals surface area contributed by atoms with Crippen molar-refractivity contribution in [1.82, 2.24) is 5.32 Å². The first-order chi connectivity index (χ1) is 7.93. The van der Waals surface area contributed by atoms with E-state index in [0.717, 1.165) is 25.7 Å². The van der Waals surface area contributed by atoms with E-state index in [9.17, 15) is 9.59 Å². The Bertz CT molecular complexity index is 247. The van der Waals surface area contributed by atoms with Gasteiger partial charge in [-0.2, -0.15) is 0 Å². The third-order valence-electron chi connectivity index (χ3n) is 3.15. The van der Waals surface area contributed by atoms with Gasteiger partial charge in [-0.15, -0.1) is 0 Å². The van der Waals surface area contributed by atoms with E-state index in [4.69, 9.17) is 5.11 Å². The van der Waals surface area contributed by atoms with Crippen LogP contribution in [0.2, 0.25) is 0 Å². The van der Waals surface area contributed by atoms with Crippen LogP contribution >= 0.6 is 0 Å². The molecule has 17 heavy (non-hydrogen) atoms. The summed E-state index contributed by atoms with van der Waals surface area (Å²) in [6.07, 6.45) is 3.68. The summed E-state index contributed by atoms with van der Waals surface area (Å²) in [5.74, 6) is -1.41. The van der Waals surface area contributed by atoms with E-state index in [1.165, 1.54) is 0 Å². The molecule has 0 saturated heterocycles. The van der Waals surface area contributed by atoms with Crippen molar-refractivity contribution in [1.29, 1.82) is 0 Å². The van der Waals surface area contributed by atoms with E-state index in [1.807, 2.05) is 0 Å². The Labute approximate surface area is 104 Å². The van der Waals surface area contributed by atoms with Gasteiger partial charge in [0.05, 0.1) is 5.92 Å². The number of carbonyl (C=O) groups is 2. The highest BCUT2D eigenvalue weighted by atomic mass is 16.4. The average molecular weight is 243 g/mol. The summed E-state index contributed by atoms with van der Waals surface area (Å²) in [6, 6.07) is -0.323. The van der Waals surface area contributed by atoms with Crippen LogP contribution in [0.15, 0.2) is 0 Å². The quantitative estimate of drug-likeness (QED) is 0.688. The van der Waals surface area contributed by atoms with Crippen LogP contribution in [0, 0.1) is 11.8 Å². The van der Waals surface area contributed by atoms with Gasteiger partial charge in [-0.3, -0.25) is 9.59 Å². The van der Waals surface area contributed by atoms with Crippen molar-refractivity contribution < 1.29 is 14.7 Å². The number of carbonyl (C=O) groups excluding carboxylic acids is 1. The van der Waals surface area contributed by atoms with Gasteiger partial charge in [0.15, 0.2) is 0 Å². The minimum absolute atomic E-state index is 0.00528. The van der Waals surface area contributed by atoms with Crippen LogP contribution in [0.25, 0.3) is 0 Å². The van der Waals surface area contributed by atoms with Crippen LogP contribution in [0.1, 0.15) is 53.4 Å². The normalized spacial score (nSPS) is 14.4. The van der Waals surface area contributed by atoms with Gasteiger partial charge in [0, 0.05) is 12.0 Å². The summed E-state index contributed by atoms with van der Waals surface area (Å²) in [4.78, 5) is 22.7. The maximum absolute atomic E-state index is 12.0. The van der Waals surface area contributed by atoms with E-state index in [2.05, 4.69) is 19.2 Å². The molecule has 2 N–H and O–H groups in total. The molecule has 0 aliphatic rings. The SMILES string of the molecule is CCCC(CCC)C(=O)NC(C)C(C)C(=O)O. The Morgan fingerprint density at radius 1 is 1.12 bits per heavy atom. The first kappa shape index (κ1) is 15.9. The second-order valence-corrected chi connectivity index (χ2v) is 4.70. The molecule has 4 nitrogen and oxygen atoms in total. The second kappa shape index (κ2) is 8.09. The molecule has 0 rings (SSSR count). The Balaban J connectivity index is 4.33. The van der Waals surface area contributed by atoms with Crippen molar-refractivity contribution in [2.24, 2.45) is 11.8 Å². The molecule has 0 bridgehead atoms. The van der Waals surface area contributed by atoms with E-state index >= 15 is 0 Å². The first-order valence-corrected chi connectivity index (χ1v) is 6.47. The zero-order valence-corrected chi connectivity index (χ0v) is 11.3. The minimum Gasteiger partial charge on any atom is -0.481 e. The minimum atomic E-state index is -0.875. The lowest BCUT2D eigenvalue weighted by atomic mass is 9.96. The van der Waals surface area contributed by atoms with Crippen molar-refractivity contribution in [2.45, 2.75) is 59.4 Å². The van der Waals surface area contributed by atoms with E-state index in [-0.39, 0.29) is 17.9 Å². The predicted molar refractivity (Wildman–Crippen MR) is 67.7 cm³/mol. The molecule has 2 atom stereocenters. The zero-order valence-electron chi connectivity index (χ0n) is 11.3. The summed E-state index contributed by atoms with van der Waals surface area (Å²) >= 11 is 0. The molecular formula is C13H25NO3. The van der Waals surface area contributed by atoms with Crippen LogP contribution in [-0.4, -0.2) is 23.0 Å². The van der Waals surface area contributed by atoms with Gasteiger partial charge in [-0.1, -0.05) is 26.7 Å². The fraction of sp³-hybridized carbons (Fsp3) is 0.846. The van der Waals surface area contributed by atoms with Crippen molar-refractivity contribution in [3.05, 3.63) is 0 Å². The monoisotopic (exact) mass is 243 g/mol. The largest absolute Gasteiger partial charge is 0.481 e. The summed E-state index contributed by atoms with van der Waals surface area (Å²) in [5.41, 5.74) is 0. The molecule has 0 saturated carbocycles. The van der Waals surface area contributed by atoms with E-state index in [0.29, 0.717) is 0 Å². The lowest BCUT2D eigenvalue weighted by molar-refractivity contribution is -0.142. The van der Waals surface area contributed by atoms with Gasteiger partial charge in [-0.05, 0) is 26.7 Å². The summed E-state index contributed by atoms with van der Waals surface area (Å²) in [5, 5.41) is 11.7. The van der Waals surface area contributed by atoms with Gasteiger partial charge in [0.2, 0.25) is 5.91 Å². The number of rotatable bonds is 8. The van der Waals surface area contributed by atoms with Crippen LogP contribution in [-0.2, 0) is 9.59 Å². The second-order valence-electron chi connectivity index (χ2n) is 4.70. The smallest absolute Gasteiger partial charge is 0.308 e. The summed E-state index contributed by atoms with van der Waals surface area (Å²) in [7, 11) is 0. The summed E-state index contributed by atoms with van der Waals surface area (Å²) in [6.45, 7) is 7.46. The molecule has 0 aromatic heterocycles. The molecule has 0 aromatic carbocycles. The van der Waals surface area contributed by atoms with Crippen LogP contribution in [0.5, 0.6) is 0 Å². The van der Waals surface area contributed by atoms with Gasteiger partial charge < -0.3 is 10.4 Å². The molecule has 0 radical (unpaired) electrons. The number of amides is 1. The molecule has 4 heteroatoms. The van der Waals surface area contributed by atoms with Gasteiger partial charge in [0.1, 0.15) is 0 Å². The third-order valence-corrected chi connectivity index (χ3v) is 3.15. The Kier molecular flexibility index (Phi) is 7.59. The van der Waals surface area contributed by atoms with Crippen molar-refractivity contribution in [3.63, 3.8) is 0 Å². The predicted octanol–water partition coefficient (Wildman–Crippen LogP) is 2.43. The van der Waals surface area contributed by atoms with Gasteiger partial charge in [0.25, 0.3) is 0 Å². The van der Waals surface area contributed by atoms with Gasteiger partial charge in [-0.25, -0.2) is 0 Å². The topological polar surface area (TPSA) is 66.4 Å². The average Bonchev–Trinajstić information content (AvgIpc) is 2.27. The van der Waals surface area contributed by atoms with Crippen LogP contribution in [0.3, 0.4) is 0 Å². The molecule has 100 valence electrons. The lowest BCUT2D eigenvalue weighted by Gasteiger charge is -2.22. The lowest BCUT2D eigenvalue weighted by Crippen LogP contribution is -2.42. The van der Waals surface area contributed by atoms with E-state index < -0.39 is 11.9 Å². The molecule has 0 aliphatic heterocycles. The van der Waals surface area contributed by atoms with E-state index in [1.54, 1.807) is 13.8 Å². The molecule has 0 fully saturated rings. The maximum Gasteiger partial charge on any atom is 0.308 e. The first-order valence-electron chi connectivity index (χ1n) is 6.47. The number of nitrogens with one attached hydrogen (secondary N) is 1. The Morgan fingerprint density at radius 3 is 1.94 bits per heavy atom. The van der Waals surface area contributed by atoms with Crippen LogP contribution in [0.4, 0.5) is 0 Å². The fourth-order valence-corrected chi connectivity index (χ4v) is 1.78. The molecular weight excluding hydrogens is 218 g/mol. The molecule has 0 aliphatic carbocycles. The Hall–Kier alpha value is -1.06. The Morgan fingerprint density at radius 2 is 1.59 bits per heavy atom. The maximum atomic E-state index is 12.0. The highest BCUT2D eigenvalue weighted by Crippen LogP contribution is 2.14. The third kappa shape index (κ3) is 5.71. The number of carboxylic acid groups (broad SMARTS) is 1. The highest BCUT2D eigenvalue weighted by molar-refractivity contribution is 5.80. The molecule has 2 unspecified atom stereocenters. The number of hydrogen-bond acceptors (Lipinski definition) is 2. The van der Waals surface area contributed by atoms with Crippen molar-refractivity contribution in [2.75, 3.05) is 0 Å². The number of hydrogen-bond donors (Lipinski definition) is 2. The highest BCUT2D eigenvalue weighted by Gasteiger charge is 2.24. The molecule has 0 aromatic rings. The molecule has 0 heterocycles. The van der Waals surface area contributed by atoms with Crippen LogP contribution < -0.4 is 5.32 Å². The fourth-order valence-electron chi connectivity index (χ4n) is 1.78. The number of aliphatic carboxylic acids is 1. The summed E-state index contributed by atoms with van der Waals surface area (Å²) < 4.78 is 0. The van der Waals surface area contributed by atoms with Crippen molar-refractivity contribution in [3.8, 4) is 0 Å². The van der Waals surface area contributed by atoms with Crippen molar-refractivity contribution >= 4 is 11.9 Å². The molecule has 1 amide bonds.